The predicted molar refractivity (Wildman–Crippen MR) is 62.1 cm³/mol. The molecule has 1 saturated heterocycles. The van der Waals surface area contributed by atoms with Gasteiger partial charge in [-0.25, -0.2) is 0 Å². The first-order chi connectivity index (χ1) is 8.86. The fourth-order valence-corrected chi connectivity index (χ4v) is 2.86. The van der Waals surface area contributed by atoms with Crippen molar-refractivity contribution in [1.29, 1.82) is 0 Å². The lowest BCUT2D eigenvalue weighted by Gasteiger charge is -2.31. The molecule has 1 N–H and O–H groups in total. The van der Waals surface area contributed by atoms with Crippen LogP contribution in [0.1, 0.15) is 24.3 Å². The number of aromatic nitrogens is 2. The Kier molecular flexibility index (Phi) is 3.93. The monoisotopic (exact) mass is 295 g/mol. The Hall–Kier alpha value is -1.38. The van der Waals surface area contributed by atoms with Crippen LogP contribution in [0.15, 0.2) is 0 Å². The molecule has 1 aliphatic rings. The molecule has 106 valence electrons. The van der Waals surface area contributed by atoms with E-state index in [4.69, 9.17) is 5.11 Å². The largest absolute Gasteiger partial charge is 0.481 e. The van der Waals surface area contributed by atoms with E-state index in [1.54, 1.807) is 4.90 Å². The predicted octanol–water partition coefficient (Wildman–Crippen LogP) is 2.25. The van der Waals surface area contributed by atoms with Crippen LogP contribution in [-0.4, -0.2) is 34.4 Å². The smallest absolute Gasteiger partial charge is 0.445 e. The van der Waals surface area contributed by atoms with Crippen molar-refractivity contribution in [3.05, 3.63) is 5.01 Å². The number of alkyl halides is 3. The fraction of sp³-hybridized carbons (Fsp3) is 0.700. The maximum Gasteiger partial charge on any atom is 0.445 e. The number of halogens is 3. The minimum atomic E-state index is -4.48. The Bertz CT molecular complexity index is 463. The summed E-state index contributed by atoms with van der Waals surface area (Å²) in [6.07, 6.45) is -2.93. The molecule has 1 atom stereocenters. The molecule has 5 nitrogen and oxygen atoms in total. The van der Waals surface area contributed by atoms with Crippen LogP contribution in [0, 0.1) is 5.92 Å². The van der Waals surface area contributed by atoms with Crippen LogP contribution in [0.2, 0.25) is 0 Å². The third kappa shape index (κ3) is 3.55. The lowest BCUT2D eigenvalue weighted by molar-refractivity contribution is -0.139. The highest BCUT2D eigenvalue weighted by atomic mass is 32.1. The molecule has 0 bridgehead atoms. The van der Waals surface area contributed by atoms with Crippen molar-refractivity contribution in [2.45, 2.75) is 25.4 Å². The molecule has 2 rings (SSSR count). The van der Waals surface area contributed by atoms with Gasteiger partial charge in [0.1, 0.15) is 0 Å². The maximum absolute atomic E-state index is 12.4. The summed E-state index contributed by atoms with van der Waals surface area (Å²) in [4.78, 5) is 12.3. The van der Waals surface area contributed by atoms with E-state index in [0.29, 0.717) is 24.4 Å². The van der Waals surface area contributed by atoms with Crippen LogP contribution in [0.4, 0.5) is 18.3 Å². The Morgan fingerprint density at radius 2 is 2.21 bits per heavy atom. The molecule has 0 radical (unpaired) electrons. The topological polar surface area (TPSA) is 66.3 Å². The molecule has 0 spiro atoms. The minimum Gasteiger partial charge on any atom is -0.481 e. The van der Waals surface area contributed by atoms with Gasteiger partial charge in [-0.3, -0.25) is 4.79 Å². The van der Waals surface area contributed by atoms with Gasteiger partial charge in [0.2, 0.25) is 10.1 Å². The van der Waals surface area contributed by atoms with Crippen LogP contribution in [0.25, 0.3) is 0 Å². The second-order valence-electron chi connectivity index (χ2n) is 4.44. The van der Waals surface area contributed by atoms with Crippen LogP contribution in [0.5, 0.6) is 0 Å². The molecule has 1 unspecified atom stereocenters. The first-order valence-corrected chi connectivity index (χ1v) is 6.55. The van der Waals surface area contributed by atoms with E-state index in [2.05, 4.69) is 10.2 Å². The molecule has 1 aromatic heterocycles. The Labute approximate surface area is 111 Å². The Morgan fingerprint density at radius 3 is 2.79 bits per heavy atom. The zero-order chi connectivity index (χ0) is 14.0. The Morgan fingerprint density at radius 1 is 1.47 bits per heavy atom. The molecule has 0 aromatic carbocycles. The van der Waals surface area contributed by atoms with E-state index in [9.17, 15) is 18.0 Å². The molecule has 0 saturated carbocycles. The van der Waals surface area contributed by atoms with Crippen LogP contribution >= 0.6 is 11.3 Å². The van der Waals surface area contributed by atoms with Gasteiger partial charge >= 0.3 is 12.1 Å². The van der Waals surface area contributed by atoms with Gasteiger partial charge in [0.25, 0.3) is 0 Å². The van der Waals surface area contributed by atoms with Crippen molar-refractivity contribution in [1.82, 2.24) is 10.2 Å². The highest BCUT2D eigenvalue weighted by Gasteiger charge is 2.36. The van der Waals surface area contributed by atoms with Crippen molar-refractivity contribution in [3.63, 3.8) is 0 Å². The maximum atomic E-state index is 12.4. The zero-order valence-electron chi connectivity index (χ0n) is 9.85. The lowest BCUT2D eigenvalue weighted by Crippen LogP contribution is -2.36. The number of rotatable bonds is 3. The van der Waals surface area contributed by atoms with Crippen molar-refractivity contribution >= 4 is 22.4 Å². The molecule has 0 amide bonds. The summed E-state index contributed by atoms with van der Waals surface area (Å²) < 4.78 is 37.3. The highest BCUT2D eigenvalue weighted by molar-refractivity contribution is 7.15. The average molecular weight is 295 g/mol. The number of aliphatic carboxylic acids is 1. The van der Waals surface area contributed by atoms with Crippen molar-refractivity contribution < 1.29 is 23.1 Å². The van der Waals surface area contributed by atoms with Gasteiger partial charge in [0.05, 0.1) is 0 Å². The van der Waals surface area contributed by atoms with E-state index in [-0.39, 0.29) is 17.5 Å². The summed E-state index contributed by atoms with van der Waals surface area (Å²) in [5.41, 5.74) is 0. The van der Waals surface area contributed by atoms with E-state index in [1.807, 2.05) is 0 Å². The van der Waals surface area contributed by atoms with Crippen LogP contribution in [-0.2, 0) is 11.0 Å². The molecule has 0 aliphatic carbocycles. The Balaban J connectivity index is 2.05. The van der Waals surface area contributed by atoms with Gasteiger partial charge in [-0.15, -0.1) is 10.2 Å². The summed E-state index contributed by atoms with van der Waals surface area (Å²) in [6, 6.07) is 0. The van der Waals surface area contributed by atoms with E-state index in [1.165, 1.54) is 0 Å². The summed E-state index contributed by atoms with van der Waals surface area (Å²) in [7, 11) is 0. The van der Waals surface area contributed by atoms with Crippen LogP contribution < -0.4 is 4.90 Å². The third-order valence-electron chi connectivity index (χ3n) is 2.91. The number of carboxylic acid groups (broad SMARTS) is 1. The van der Waals surface area contributed by atoms with E-state index < -0.39 is 17.2 Å². The van der Waals surface area contributed by atoms with Gasteiger partial charge in [-0.2, -0.15) is 13.2 Å². The van der Waals surface area contributed by atoms with Crippen molar-refractivity contribution in [2.24, 2.45) is 5.92 Å². The SMILES string of the molecule is O=C(O)CC1CCCN(c2nnc(C(F)(F)F)s2)C1. The minimum absolute atomic E-state index is 0.0292. The molecular formula is C10H12F3N3O2S. The number of carbonyl (C=O) groups is 1. The standard InChI is InChI=1S/C10H12F3N3O2S/c11-10(12,13)8-14-15-9(19-8)16-3-1-2-6(5-16)4-7(17)18/h6H,1-5H2,(H,17,18). The average Bonchev–Trinajstić information content (AvgIpc) is 2.77. The van der Waals surface area contributed by atoms with Gasteiger partial charge in [0.15, 0.2) is 0 Å². The number of hydrogen-bond acceptors (Lipinski definition) is 5. The third-order valence-corrected chi connectivity index (χ3v) is 3.94. The second kappa shape index (κ2) is 5.32. The lowest BCUT2D eigenvalue weighted by atomic mass is 9.95. The van der Waals surface area contributed by atoms with E-state index >= 15 is 0 Å². The number of anilines is 1. The number of piperidine rings is 1. The molecule has 1 aliphatic heterocycles. The van der Waals surface area contributed by atoms with Gasteiger partial charge in [0, 0.05) is 19.5 Å². The highest BCUT2D eigenvalue weighted by Crippen LogP contribution is 2.35. The van der Waals surface area contributed by atoms with Crippen LogP contribution in [0.3, 0.4) is 0 Å². The fourth-order valence-electron chi connectivity index (χ4n) is 2.11. The van der Waals surface area contributed by atoms with Crippen molar-refractivity contribution in [3.8, 4) is 0 Å². The number of carboxylic acids is 1. The first kappa shape index (κ1) is 14.0. The molecule has 9 heteroatoms. The first-order valence-electron chi connectivity index (χ1n) is 5.73. The summed E-state index contributed by atoms with van der Waals surface area (Å²) in [6.45, 7) is 1.00. The zero-order valence-corrected chi connectivity index (χ0v) is 10.7. The quantitative estimate of drug-likeness (QED) is 0.926. The molecule has 19 heavy (non-hydrogen) atoms. The summed E-state index contributed by atoms with van der Waals surface area (Å²) in [5.74, 6) is -0.940. The molecular weight excluding hydrogens is 283 g/mol. The molecule has 1 aromatic rings. The van der Waals surface area contributed by atoms with Gasteiger partial charge in [-0.05, 0) is 18.8 Å². The summed E-state index contributed by atoms with van der Waals surface area (Å²) >= 11 is 0.499. The van der Waals surface area contributed by atoms with E-state index in [0.717, 1.165) is 12.8 Å². The normalized spacial score (nSPS) is 20.6. The second-order valence-corrected chi connectivity index (χ2v) is 5.40. The molecule has 1 fully saturated rings. The number of hydrogen-bond donors (Lipinski definition) is 1. The molecule has 2 heterocycles. The summed E-state index contributed by atoms with van der Waals surface area (Å²) in [5, 5.41) is 14.7. The number of nitrogens with zero attached hydrogens (tertiary/aromatic N) is 3. The van der Waals surface area contributed by atoms with Crippen molar-refractivity contribution in [2.75, 3.05) is 18.0 Å². The van der Waals surface area contributed by atoms with Gasteiger partial charge in [-0.1, -0.05) is 11.3 Å². The van der Waals surface area contributed by atoms with Gasteiger partial charge < -0.3 is 10.0 Å².